The number of ketones is 1. The van der Waals surface area contributed by atoms with Crippen molar-refractivity contribution >= 4 is 43.6 Å². The molecule has 4 fully saturated rings. The normalized spacial score (nSPS) is 47.0. The monoisotopic (exact) mass is 600 g/mol. The van der Waals surface area contributed by atoms with Gasteiger partial charge in [0.1, 0.15) is 10.4 Å². The van der Waals surface area contributed by atoms with Gasteiger partial charge >= 0.3 is 5.97 Å². The Morgan fingerprint density at radius 3 is 2.41 bits per heavy atom. The molecule has 34 heavy (non-hydrogen) atoms. The molecule has 0 spiro atoms. The molecule has 0 heterocycles. The summed E-state index contributed by atoms with van der Waals surface area (Å²) in [5.74, 6) is 4.16. The topological polar surface area (TPSA) is 43.4 Å². The summed E-state index contributed by atoms with van der Waals surface area (Å²) in [5, 5.41) is 0. The third-order valence-electron chi connectivity index (χ3n) is 11.1. The largest absolute Gasteiger partial charge is 0.461 e. The van der Waals surface area contributed by atoms with Crippen molar-refractivity contribution in [2.45, 2.75) is 121 Å². The van der Waals surface area contributed by atoms with Crippen LogP contribution in [0.3, 0.4) is 0 Å². The molecule has 0 N–H and O–H groups in total. The van der Waals surface area contributed by atoms with Gasteiger partial charge in [0.15, 0.2) is 5.78 Å². The van der Waals surface area contributed by atoms with Crippen LogP contribution in [0, 0.1) is 46.3 Å². The van der Waals surface area contributed by atoms with Crippen LogP contribution in [0.15, 0.2) is 0 Å². The number of alkyl halides is 2. The Balaban J connectivity index is 1.55. The highest BCUT2D eigenvalue weighted by atomic mass is 79.9. The molecule has 4 rings (SSSR count). The molecule has 0 aromatic carbocycles. The van der Waals surface area contributed by atoms with Crippen LogP contribution < -0.4 is 0 Å². The lowest BCUT2D eigenvalue weighted by Crippen LogP contribution is -2.69. The number of fused-ring (bicyclic) bond motifs is 5. The van der Waals surface area contributed by atoms with E-state index in [2.05, 4.69) is 66.5 Å². The molecule has 0 saturated heterocycles. The summed E-state index contributed by atoms with van der Waals surface area (Å²) < 4.78 is 4.99. The molecule has 10 atom stereocenters. The minimum atomic E-state index is -0.657. The van der Waals surface area contributed by atoms with Gasteiger partial charge in [-0.25, -0.2) is 0 Å². The van der Waals surface area contributed by atoms with Gasteiger partial charge in [0.25, 0.3) is 0 Å². The fraction of sp³-hybridized carbons (Fsp3) is 0.931. The summed E-state index contributed by atoms with van der Waals surface area (Å²) in [6, 6.07) is 0. The smallest absolute Gasteiger partial charge is 0.302 e. The first kappa shape index (κ1) is 27.1. The van der Waals surface area contributed by atoms with Gasteiger partial charge in [-0.1, -0.05) is 85.7 Å². The van der Waals surface area contributed by atoms with Crippen molar-refractivity contribution in [2.24, 2.45) is 46.3 Å². The summed E-state index contributed by atoms with van der Waals surface area (Å²) in [4.78, 5) is 25.5. The molecular weight excluding hydrogens is 556 g/mol. The Morgan fingerprint density at radius 1 is 1.06 bits per heavy atom. The van der Waals surface area contributed by atoms with Crippen molar-refractivity contribution in [3.8, 4) is 0 Å². The number of hydrogen-bond acceptors (Lipinski definition) is 3. The van der Waals surface area contributed by atoms with E-state index in [1.165, 1.54) is 51.9 Å². The molecule has 3 unspecified atom stereocenters. The first-order chi connectivity index (χ1) is 15.9. The van der Waals surface area contributed by atoms with Gasteiger partial charge in [-0.05, 0) is 84.9 Å². The van der Waals surface area contributed by atoms with Crippen molar-refractivity contribution in [3.05, 3.63) is 0 Å². The van der Waals surface area contributed by atoms with E-state index in [0.717, 1.165) is 30.6 Å². The molecule has 0 bridgehead atoms. The lowest BCUT2D eigenvalue weighted by Gasteiger charge is -2.64. The molecule has 4 aliphatic carbocycles. The number of hydrogen-bond donors (Lipinski definition) is 0. The SMILES string of the molecule is CC(=O)OC1CC[C@]2(C)[C@H]3CC[C@]4(C)[C@@H]([C@H](C)CCCC(C)C)CC[C@H]4[C@@H]3CC(=O)C2(Br)C1Br. The van der Waals surface area contributed by atoms with E-state index in [-0.39, 0.29) is 22.3 Å². The molecule has 4 saturated carbocycles. The van der Waals surface area contributed by atoms with Gasteiger partial charge in [-0.3, -0.25) is 9.59 Å². The lowest BCUT2D eigenvalue weighted by molar-refractivity contribution is -0.162. The Kier molecular flexibility index (Phi) is 7.80. The number of carbonyl (C=O) groups is 2. The van der Waals surface area contributed by atoms with Crippen LogP contribution in [-0.2, 0) is 14.3 Å². The predicted octanol–water partition coefficient (Wildman–Crippen LogP) is 8.11. The summed E-state index contributed by atoms with van der Waals surface area (Å²) >= 11 is 7.88. The number of ether oxygens (including phenoxy) is 1. The summed E-state index contributed by atoms with van der Waals surface area (Å²) in [7, 11) is 0. The zero-order chi connectivity index (χ0) is 25.1. The van der Waals surface area contributed by atoms with Crippen LogP contribution in [0.25, 0.3) is 0 Å². The predicted molar refractivity (Wildman–Crippen MR) is 145 cm³/mol. The third-order valence-corrected chi connectivity index (χ3v) is 14.8. The minimum absolute atomic E-state index is 0.111. The standard InChI is InChI=1S/C29H46Br2O3/c1-17(2)8-7-9-18(3)21-10-11-22-20-16-25(33)29(31)26(30)24(34-19(4)32)13-15-28(29,6)23(20)12-14-27(21,22)5/h17-18,20-24,26H,7-16H2,1-6H3/t18-,20+,21-,22+,23+,24?,26?,27-,28-,29?/m1/s1. The first-order valence-corrected chi connectivity index (χ1v) is 15.6. The van der Waals surface area contributed by atoms with Crippen LogP contribution in [-0.4, -0.2) is 27.0 Å². The molecule has 4 aliphatic rings. The van der Waals surface area contributed by atoms with Crippen molar-refractivity contribution in [3.63, 3.8) is 0 Å². The number of carbonyl (C=O) groups excluding carboxylic acids is 2. The van der Waals surface area contributed by atoms with Crippen LogP contribution in [0.1, 0.15) is 106 Å². The van der Waals surface area contributed by atoms with Gasteiger partial charge in [-0.15, -0.1) is 0 Å². The maximum Gasteiger partial charge on any atom is 0.302 e. The second kappa shape index (κ2) is 9.76. The molecule has 0 radical (unpaired) electrons. The van der Waals surface area contributed by atoms with Crippen LogP contribution in [0.5, 0.6) is 0 Å². The van der Waals surface area contributed by atoms with Gasteiger partial charge in [0.05, 0.1) is 4.83 Å². The van der Waals surface area contributed by atoms with E-state index in [0.29, 0.717) is 35.4 Å². The molecule has 0 aromatic heterocycles. The number of esters is 1. The summed E-state index contributed by atoms with van der Waals surface area (Å²) in [6.07, 6.45) is 11.4. The number of Topliss-reactive ketones (excluding diaryl/α,β-unsaturated/α-hetero) is 1. The van der Waals surface area contributed by atoms with Gasteiger partial charge < -0.3 is 4.74 Å². The fourth-order valence-electron chi connectivity index (χ4n) is 9.35. The van der Waals surface area contributed by atoms with Gasteiger partial charge in [0.2, 0.25) is 0 Å². The molecule has 0 aliphatic heterocycles. The zero-order valence-electron chi connectivity index (χ0n) is 22.2. The molecular formula is C29H46Br2O3. The van der Waals surface area contributed by atoms with E-state index >= 15 is 0 Å². The Morgan fingerprint density at radius 2 is 1.76 bits per heavy atom. The van der Waals surface area contributed by atoms with Crippen molar-refractivity contribution in [1.82, 2.24) is 0 Å². The third kappa shape index (κ3) is 4.19. The van der Waals surface area contributed by atoms with E-state index in [9.17, 15) is 9.59 Å². The molecule has 0 aromatic rings. The highest BCUT2D eigenvalue weighted by Gasteiger charge is 2.70. The quantitative estimate of drug-likeness (QED) is 0.228. The van der Waals surface area contributed by atoms with Crippen LogP contribution >= 0.6 is 31.9 Å². The second-order valence-corrected chi connectivity index (χ2v) is 15.5. The van der Waals surface area contributed by atoms with E-state index in [1.807, 2.05) is 0 Å². The molecule has 0 amide bonds. The first-order valence-electron chi connectivity index (χ1n) is 13.9. The van der Waals surface area contributed by atoms with Gasteiger partial charge in [-0.2, -0.15) is 0 Å². The fourth-order valence-corrected chi connectivity index (χ4v) is 11.5. The molecule has 5 heteroatoms. The molecule has 194 valence electrons. The van der Waals surface area contributed by atoms with E-state index in [1.54, 1.807) is 0 Å². The Hall–Kier alpha value is 0.1000. The second-order valence-electron chi connectivity index (χ2n) is 13.3. The molecule has 3 nitrogen and oxygen atoms in total. The van der Waals surface area contributed by atoms with Crippen molar-refractivity contribution in [2.75, 3.05) is 0 Å². The lowest BCUT2D eigenvalue weighted by atomic mass is 9.44. The highest BCUT2D eigenvalue weighted by molar-refractivity contribution is 9.13. The van der Waals surface area contributed by atoms with E-state index in [4.69, 9.17) is 4.74 Å². The van der Waals surface area contributed by atoms with Crippen LogP contribution in [0.2, 0.25) is 0 Å². The van der Waals surface area contributed by atoms with E-state index < -0.39 is 4.32 Å². The average Bonchev–Trinajstić information content (AvgIpc) is 3.10. The Labute approximate surface area is 224 Å². The Bertz CT molecular complexity index is 798. The average molecular weight is 602 g/mol. The maximum absolute atomic E-state index is 13.9. The zero-order valence-corrected chi connectivity index (χ0v) is 25.3. The van der Waals surface area contributed by atoms with Crippen LogP contribution in [0.4, 0.5) is 0 Å². The summed E-state index contributed by atoms with van der Waals surface area (Å²) in [5.41, 5.74) is 0.268. The number of halogens is 2. The maximum atomic E-state index is 13.9. The highest BCUT2D eigenvalue weighted by Crippen LogP contribution is 2.70. The number of rotatable bonds is 6. The summed E-state index contributed by atoms with van der Waals surface area (Å²) in [6.45, 7) is 13.6. The van der Waals surface area contributed by atoms with Crippen molar-refractivity contribution in [1.29, 1.82) is 0 Å². The van der Waals surface area contributed by atoms with Crippen molar-refractivity contribution < 1.29 is 14.3 Å². The minimum Gasteiger partial charge on any atom is -0.461 e. The van der Waals surface area contributed by atoms with Gasteiger partial charge in [0, 0.05) is 13.3 Å².